The van der Waals surface area contributed by atoms with Gasteiger partial charge in [0, 0.05) is 5.69 Å². The fourth-order valence-corrected chi connectivity index (χ4v) is 2.59. The second-order valence-corrected chi connectivity index (χ2v) is 6.01. The average molecular weight is 365 g/mol. The Balaban J connectivity index is 1.53. The molecule has 0 aliphatic carbocycles. The number of hydrogen-bond donors (Lipinski definition) is 2. The number of rotatable bonds is 8. The first kappa shape index (κ1) is 18.4. The molecular weight excluding hydrogens is 342 g/mol. The quantitative estimate of drug-likeness (QED) is 0.589. The van der Waals surface area contributed by atoms with Gasteiger partial charge in [-0.3, -0.25) is 0 Å². The van der Waals surface area contributed by atoms with Crippen LogP contribution in [0.5, 0.6) is 11.5 Å². The van der Waals surface area contributed by atoms with Crippen LogP contribution in [0.25, 0.3) is 0 Å². The summed E-state index contributed by atoms with van der Waals surface area (Å²) in [6.45, 7) is 5.17. The first-order valence-electron chi connectivity index (χ1n) is 8.69. The summed E-state index contributed by atoms with van der Waals surface area (Å²) in [5.74, 6) is 2.68. The lowest BCUT2D eigenvalue weighted by Crippen LogP contribution is -2.13. The Morgan fingerprint density at radius 2 is 1.67 bits per heavy atom. The van der Waals surface area contributed by atoms with Crippen molar-refractivity contribution in [3.8, 4) is 11.5 Å². The van der Waals surface area contributed by atoms with Gasteiger partial charge in [-0.2, -0.15) is 10.1 Å². The van der Waals surface area contributed by atoms with E-state index < -0.39 is 0 Å². The molecule has 7 nitrogen and oxygen atoms in total. The van der Waals surface area contributed by atoms with Crippen molar-refractivity contribution in [3.63, 3.8) is 0 Å². The van der Waals surface area contributed by atoms with Gasteiger partial charge in [-0.05, 0) is 49.2 Å². The molecule has 0 amide bonds. The van der Waals surface area contributed by atoms with Crippen LogP contribution in [-0.2, 0) is 0 Å². The normalized spacial score (nSPS) is 10.3. The highest BCUT2D eigenvalue weighted by atomic mass is 16.5. The van der Waals surface area contributed by atoms with Crippen LogP contribution in [0, 0.1) is 13.8 Å². The monoisotopic (exact) mass is 365 g/mol. The molecule has 0 atom stereocenters. The third kappa shape index (κ3) is 5.07. The van der Waals surface area contributed by atoms with E-state index in [1.165, 1.54) is 0 Å². The number of methoxy groups -OCH3 is 1. The number of aromatic nitrogens is 3. The zero-order valence-corrected chi connectivity index (χ0v) is 15.7. The van der Waals surface area contributed by atoms with E-state index in [9.17, 15) is 0 Å². The molecule has 0 aliphatic heterocycles. The van der Waals surface area contributed by atoms with Gasteiger partial charge in [0.25, 0.3) is 0 Å². The highest BCUT2D eigenvalue weighted by molar-refractivity contribution is 5.63. The number of aryl methyl sites for hydroxylation is 2. The van der Waals surface area contributed by atoms with Crippen LogP contribution < -0.4 is 20.1 Å². The molecule has 1 heterocycles. The van der Waals surface area contributed by atoms with Gasteiger partial charge in [-0.1, -0.05) is 18.2 Å². The van der Waals surface area contributed by atoms with Gasteiger partial charge in [0.15, 0.2) is 5.82 Å². The molecule has 0 spiro atoms. The van der Waals surface area contributed by atoms with Gasteiger partial charge in [-0.15, -0.1) is 5.10 Å². The van der Waals surface area contributed by atoms with Gasteiger partial charge in [0.1, 0.15) is 18.1 Å². The molecule has 0 unspecified atom stereocenters. The lowest BCUT2D eigenvalue weighted by Gasteiger charge is -2.12. The van der Waals surface area contributed by atoms with E-state index in [1.54, 1.807) is 13.3 Å². The lowest BCUT2D eigenvalue weighted by molar-refractivity contribution is 0.331. The minimum absolute atomic E-state index is 0.452. The number of ether oxygens (including phenoxy) is 2. The summed E-state index contributed by atoms with van der Waals surface area (Å²) in [6.07, 6.45) is 1.59. The summed E-state index contributed by atoms with van der Waals surface area (Å²) in [6, 6.07) is 13.6. The van der Waals surface area contributed by atoms with Crippen molar-refractivity contribution in [2.24, 2.45) is 0 Å². The number of nitrogens with zero attached hydrogens (tertiary/aromatic N) is 3. The minimum Gasteiger partial charge on any atom is -0.497 e. The zero-order chi connectivity index (χ0) is 19.1. The molecular formula is C20H23N5O2. The Morgan fingerprint density at radius 3 is 2.37 bits per heavy atom. The number of anilines is 3. The molecule has 140 valence electrons. The molecule has 2 aromatic carbocycles. The fraction of sp³-hybridized carbons (Fsp3) is 0.250. The summed E-state index contributed by atoms with van der Waals surface area (Å²) in [7, 11) is 1.64. The van der Waals surface area contributed by atoms with Gasteiger partial charge in [0.2, 0.25) is 5.95 Å². The molecule has 0 fully saturated rings. The maximum absolute atomic E-state index is 5.69. The maximum atomic E-state index is 5.69. The summed E-state index contributed by atoms with van der Waals surface area (Å²) in [5.41, 5.74) is 3.26. The minimum atomic E-state index is 0.452. The van der Waals surface area contributed by atoms with Gasteiger partial charge >= 0.3 is 0 Å². The first-order valence-corrected chi connectivity index (χ1v) is 8.69. The molecule has 0 aliphatic rings. The number of nitrogens with one attached hydrogen (secondary N) is 2. The standard InChI is InChI=1S/C20H23N5O2/c1-14-5-4-6-15(2)19(14)24-20-23-18(13-22-25-20)21-11-12-27-17-9-7-16(26-3)8-10-17/h4-10,13H,11-12H2,1-3H3,(H2,21,23,24,25). The van der Waals surface area contributed by atoms with Crippen molar-refractivity contribution in [1.29, 1.82) is 0 Å². The Kier molecular flexibility index (Phi) is 6.04. The van der Waals surface area contributed by atoms with Crippen LogP contribution >= 0.6 is 0 Å². The number of hydrogen-bond acceptors (Lipinski definition) is 7. The Hall–Kier alpha value is -3.35. The molecule has 1 aromatic heterocycles. The molecule has 7 heteroatoms. The number of benzene rings is 2. The summed E-state index contributed by atoms with van der Waals surface area (Å²) >= 11 is 0. The van der Waals surface area contributed by atoms with Crippen LogP contribution in [0.4, 0.5) is 17.5 Å². The molecule has 3 aromatic rings. The predicted octanol–water partition coefficient (Wildman–Crippen LogP) is 3.73. The maximum Gasteiger partial charge on any atom is 0.249 e. The zero-order valence-electron chi connectivity index (χ0n) is 15.7. The second-order valence-electron chi connectivity index (χ2n) is 6.01. The van der Waals surface area contributed by atoms with Crippen molar-refractivity contribution in [2.45, 2.75) is 13.8 Å². The second kappa shape index (κ2) is 8.84. The van der Waals surface area contributed by atoms with E-state index >= 15 is 0 Å². The van der Waals surface area contributed by atoms with E-state index in [4.69, 9.17) is 9.47 Å². The van der Waals surface area contributed by atoms with Gasteiger partial charge in [0.05, 0.1) is 19.9 Å². The van der Waals surface area contributed by atoms with Gasteiger partial charge in [-0.25, -0.2) is 0 Å². The van der Waals surface area contributed by atoms with E-state index in [1.807, 2.05) is 56.3 Å². The molecule has 2 N–H and O–H groups in total. The Labute approximate surface area is 158 Å². The topological polar surface area (TPSA) is 81.2 Å². The lowest BCUT2D eigenvalue weighted by atomic mass is 10.1. The van der Waals surface area contributed by atoms with Crippen LogP contribution in [-0.4, -0.2) is 35.4 Å². The van der Waals surface area contributed by atoms with Crippen molar-refractivity contribution in [3.05, 3.63) is 59.8 Å². The highest BCUT2D eigenvalue weighted by Crippen LogP contribution is 2.22. The molecule has 0 saturated carbocycles. The third-order valence-corrected chi connectivity index (χ3v) is 4.01. The van der Waals surface area contributed by atoms with E-state index in [2.05, 4.69) is 25.8 Å². The summed E-state index contributed by atoms with van der Waals surface area (Å²) in [4.78, 5) is 4.45. The first-order chi connectivity index (χ1) is 13.2. The van der Waals surface area contributed by atoms with Crippen LogP contribution in [0.1, 0.15) is 11.1 Å². The van der Waals surface area contributed by atoms with E-state index in [0.29, 0.717) is 24.9 Å². The van der Waals surface area contributed by atoms with Crippen molar-refractivity contribution < 1.29 is 9.47 Å². The molecule has 3 rings (SSSR count). The average Bonchev–Trinajstić information content (AvgIpc) is 2.69. The Bertz CT molecular complexity index is 864. The SMILES string of the molecule is COc1ccc(OCCNc2cnnc(Nc3c(C)cccc3C)n2)cc1. The molecule has 27 heavy (non-hydrogen) atoms. The third-order valence-electron chi connectivity index (χ3n) is 4.01. The summed E-state index contributed by atoms with van der Waals surface area (Å²) < 4.78 is 10.8. The predicted molar refractivity (Wildman–Crippen MR) is 106 cm³/mol. The van der Waals surface area contributed by atoms with Crippen molar-refractivity contribution >= 4 is 17.5 Å². The van der Waals surface area contributed by atoms with E-state index in [-0.39, 0.29) is 0 Å². The smallest absolute Gasteiger partial charge is 0.249 e. The molecule has 0 saturated heterocycles. The fourth-order valence-electron chi connectivity index (χ4n) is 2.59. The highest BCUT2D eigenvalue weighted by Gasteiger charge is 2.06. The van der Waals surface area contributed by atoms with Gasteiger partial charge < -0.3 is 20.1 Å². The number of para-hydroxylation sites is 1. The van der Waals surface area contributed by atoms with E-state index in [0.717, 1.165) is 28.3 Å². The Morgan fingerprint density at radius 1 is 0.963 bits per heavy atom. The largest absolute Gasteiger partial charge is 0.497 e. The van der Waals surface area contributed by atoms with Crippen LogP contribution in [0.15, 0.2) is 48.7 Å². The van der Waals surface area contributed by atoms with Crippen molar-refractivity contribution in [2.75, 3.05) is 30.9 Å². The molecule has 0 bridgehead atoms. The van der Waals surface area contributed by atoms with Crippen LogP contribution in [0.2, 0.25) is 0 Å². The van der Waals surface area contributed by atoms with Crippen LogP contribution in [0.3, 0.4) is 0 Å². The summed E-state index contributed by atoms with van der Waals surface area (Å²) in [5, 5.41) is 14.5. The molecule has 0 radical (unpaired) electrons. The van der Waals surface area contributed by atoms with Crippen molar-refractivity contribution in [1.82, 2.24) is 15.2 Å².